The second-order valence-corrected chi connectivity index (χ2v) is 8.32. The molecule has 10 nitrogen and oxygen atoms in total. The van der Waals surface area contributed by atoms with Crippen molar-refractivity contribution in [2.24, 2.45) is 0 Å². The Balaban J connectivity index is 0.00000512. The Morgan fingerprint density at radius 3 is 2.00 bits per heavy atom. The first-order chi connectivity index (χ1) is 14.3. The van der Waals surface area contributed by atoms with Crippen molar-refractivity contribution in [2.75, 3.05) is 13.1 Å². The second-order valence-electron chi connectivity index (χ2n) is 6.93. The molecule has 4 N–H and O–H groups in total. The summed E-state index contributed by atoms with van der Waals surface area (Å²) in [6.07, 6.45) is 0. The molecule has 0 spiro atoms. The Morgan fingerprint density at radius 2 is 1.50 bits per heavy atom. The third kappa shape index (κ3) is 6.61. The van der Waals surface area contributed by atoms with Gasteiger partial charge in [0.2, 0.25) is 0 Å². The molecule has 12 heteroatoms. The molecule has 0 saturated carbocycles. The van der Waals surface area contributed by atoms with Gasteiger partial charge in [0.25, 0.3) is 10.1 Å². The monoisotopic (exact) mass is 475 g/mol. The zero-order valence-electron chi connectivity index (χ0n) is 16.7. The number of carbonyl (C=O) groups is 3. The quantitative estimate of drug-likeness (QED) is 0.231. The average Bonchev–Trinajstić information content (AvgIpc) is 2.65. The van der Waals surface area contributed by atoms with E-state index in [1.54, 1.807) is 0 Å². The molecule has 0 fully saturated rings. The Morgan fingerprint density at radius 1 is 0.969 bits per heavy atom. The summed E-state index contributed by atoms with van der Waals surface area (Å²) in [6.45, 7) is 1.44. The molecule has 0 saturated heterocycles. The van der Waals surface area contributed by atoms with E-state index < -0.39 is 45.8 Å². The molecule has 32 heavy (non-hydrogen) atoms. The molecular formula is C20H22NNaO9S. The normalized spacial score (nSPS) is 11.1. The number of rotatable bonds is 9. The Kier molecular flexibility index (Phi) is 9.57. The van der Waals surface area contributed by atoms with Gasteiger partial charge in [-0.2, -0.15) is 8.42 Å². The first-order valence-corrected chi connectivity index (χ1v) is 10.4. The number of carbonyl (C=O) groups excluding carboxylic acids is 1. The third-order valence-electron chi connectivity index (χ3n) is 4.63. The molecular weight excluding hydrogens is 453 g/mol. The average molecular weight is 475 g/mol. The molecule has 0 aliphatic rings. The molecule has 0 atom stereocenters. The fourth-order valence-electron chi connectivity index (χ4n) is 3.20. The maximum atomic E-state index is 13.1. The predicted molar refractivity (Wildman–Crippen MR) is 115 cm³/mol. The number of aryl methyl sites for hydroxylation is 1. The van der Waals surface area contributed by atoms with E-state index in [-0.39, 0.29) is 69.7 Å². The summed E-state index contributed by atoms with van der Waals surface area (Å²) in [6, 6.07) is 6.42. The molecule has 0 heterocycles. The van der Waals surface area contributed by atoms with Crippen molar-refractivity contribution in [3.8, 4) is 5.75 Å². The van der Waals surface area contributed by atoms with Crippen LogP contribution in [0.1, 0.15) is 32.6 Å². The summed E-state index contributed by atoms with van der Waals surface area (Å²) in [4.78, 5) is 35.8. The van der Waals surface area contributed by atoms with Crippen LogP contribution in [-0.2, 0) is 26.3 Å². The number of nitrogens with zero attached hydrogens (tertiary/aromatic N) is 1. The first kappa shape index (κ1) is 27.8. The summed E-state index contributed by atoms with van der Waals surface area (Å²) in [5.41, 5.74) is 0.345. The summed E-state index contributed by atoms with van der Waals surface area (Å²) < 4.78 is 32.8. The molecule has 0 unspecified atom stereocenters. The van der Waals surface area contributed by atoms with E-state index in [1.165, 1.54) is 38.1 Å². The molecule has 0 aliphatic carbocycles. The first-order valence-electron chi connectivity index (χ1n) is 8.92. The van der Waals surface area contributed by atoms with Gasteiger partial charge in [0.05, 0.1) is 13.1 Å². The molecule has 0 aliphatic heterocycles. The minimum atomic E-state index is -4.68. The Labute approximate surface area is 206 Å². The molecule has 0 aromatic heterocycles. The molecule has 0 radical (unpaired) electrons. The van der Waals surface area contributed by atoms with Crippen LogP contribution in [0.3, 0.4) is 0 Å². The van der Waals surface area contributed by atoms with Crippen LogP contribution < -0.4 is 0 Å². The number of benzene rings is 2. The van der Waals surface area contributed by atoms with Crippen molar-refractivity contribution >= 4 is 57.4 Å². The van der Waals surface area contributed by atoms with Crippen LogP contribution in [0, 0.1) is 13.8 Å². The number of carboxylic acid groups (broad SMARTS) is 2. The van der Waals surface area contributed by atoms with Crippen LogP contribution in [-0.4, -0.2) is 93.6 Å². The Hall–Kier alpha value is -2.28. The van der Waals surface area contributed by atoms with Crippen LogP contribution >= 0.6 is 0 Å². The topological polar surface area (TPSA) is 170 Å². The number of phenolic OH excluding ortho intramolecular Hbond substituents is 1. The standard InChI is InChI=1S/C20H21NO9S.Na.H/c1-11-7-14(20(27)13-5-3-4-6-16(13)31(28,29)30)12(2)15(19(11)26)8-21(9-17(22)23)10-18(24)25;;/h3-7,26H,8-10H2,1-2H3,(H,22,23)(H,24,25)(H,28,29,30);;. The van der Waals surface area contributed by atoms with Crippen molar-refractivity contribution in [2.45, 2.75) is 25.3 Å². The fraction of sp³-hybridized carbons (Fsp3) is 0.250. The van der Waals surface area contributed by atoms with Crippen molar-refractivity contribution in [1.82, 2.24) is 4.90 Å². The number of aliphatic carboxylic acids is 2. The summed E-state index contributed by atoms with van der Waals surface area (Å²) >= 11 is 0. The van der Waals surface area contributed by atoms with Gasteiger partial charge in [-0.15, -0.1) is 0 Å². The molecule has 168 valence electrons. The second kappa shape index (κ2) is 11.0. The van der Waals surface area contributed by atoms with Crippen LogP contribution in [0.5, 0.6) is 5.75 Å². The SMILES string of the molecule is Cc1cc(C(=O)c2ccccc2S(=O)(=O)O)c(C)c(CN(CC(=O)O)CC(=O)O)c1O.[NaH]. The van der Waals surface area contributed by atoms with Crippen LogP contribution in [0.4, 0.5) is 0 Å². The van der Waals surface area contributed by atoms with Gasteiger partial charge in [-0.3, -0.25) is 23.8 Å². The van der Waals surface area contributed by atoms with Crippen LogP contribution in [0.25, 0.3) is 0 Å². The molecule has 0 bridgehead atoms. The number of ketones is 1. The number of carboxylic acids is 2. The van der Waals surface area contributed by atoms with Gasteiger partial charge in [0.15, 0.2) is 5.78 Å². The van der Waals surface area contributed by atoms with Crippen LogP contribution in [0.15, 0.2) is 35.2 Å². The zero-order valence-corrected chi connectivity index (χ0v) is 17.5. The molecule has 2 aromatic rings. The maximum absolute atomic E-state index is 13.1. The van der Waals surface area contributed by atoms with E-state index in [1.807, 2.05) is 0 Å². The number of hydrogen-bond donors (Lipinski definition) is 4. The van der Waals surface area contributed by atoms with Gasteiger partial charge < -0.3 is 15.3 Å². The van der Waals surface area contributed by atoms with Crippen molar-refractivity contribution in [1.29, 1.82) is 0 Å². The Bertz CT molecular complexity index is 1150. The number of phenols is 1. The van der Waals surface area contributed by atoms with Crippen molar-refractivity contribution in [3.63, 3.8) is 0 Å². The van der Waals surface area contributed by atoms with Gasteiger partial charge in [-0.05, 0) is 43.2 Å². The van der Waals surface area contributed by atoms with Gasteiger partial charge in [0, 0.05) is 23.2 Å². The summed E-state index contributed by atoms with van der Waals surface area (Å²) in [7, 11) is -4.68. The van der Waals surface area contributed by atoms with Gasteiger partial charge in [-0.25, -0.2) is 0 Å². The van der Waals surface area contributed by atoms with E-state index in [0.29, 0.717) is 0 Å². The molecule has 2 rings (SSSR count). The number of hydrogen-bond acceptors (Lipinski definition) is 7. The van der Waals surface area contributed by atoms with Gasteiger partial charge >= 0.3 is 41.5 Å². The zero-order chi connectivity index (χ0) is 23.5. The summed E-state index contributed by atoms with van der Waals surface area (Å²) in [5, 5.41) is 28.6. The molecule has 0 amide bonds. The van der Waals surface area contributed by atoms with E-state index in [2.05, 4.69) is 0 Å². The number of aromatic hydroxyl groups is 1. The minimum absolute atomic E-state index is 0. The van der Waals surface area contributed by atoms with Gasteiger partial charge in [0.1, 0.15) is 10.6 Å². The van der Waals surface area contributed by atoms with Crippen LogP contribution in [0.2, 0.25) is 0 Å². The third-order valence-corrected chi connectivity index (χ3v) is 5.54. The van der Waals surface area contributed by atoms with E-state index in [4.69, 9.17) is 10.2 Å². The van der Waals surface area contributed by atoms with Crippen molar-refractivity contribution in [3.05, 3.63) is 58.1 Å². The fourth-order valence-corrected chi connectivity index (χ4v) is 3.89. The molecule has 2 aromatic carbocycles. The van der Waals surface area contributed by atoms with Gasteiger partial charge in [-0.1, -0.05) is 12.1 Å². The predicted octanol–water partition coefficient (Wildman–Crippen LogP) is 0.809. The van der Waals surface area contributed by atoms with E-state index in [9.17, 15) is 32.5 Å². The van der Waals surface area contributed by atoms with Crippen molar-refractivity contribution < 1.29 is 42.7 Å². The summed E-state index contributed by atoms with van der Waals surface area (Å²) in [5.74, 6) is -3.52. The van der Waals surface area contributed by atoms with E-state index >= 15 is 0 Å². The van der Waals surface area contributed by atoms with E-state index in [0.717, 1.165) is 11.0 Å².